The van der Waals surface area contributed by atoms with Gasteiger partial charge in [0.25, 0.3) is 17.7 Å². The Labute approximate surface area is 164 Å². The molecule has 1 aliphatic carbocycles. The van der Waals surface area contributed by atoms with Gasteiger partial charge in [-0.05, 0) is 43.2 Å². The minimum absolute atomic E-state index is 0.0595. The highest BCUT2D eigenvalue weighted by Crippen LogP contribution is 2.41. The molecule has 7 nitrogen and oxygen atoms in total. The molecule has 1 N–H and O–H groups in total. The van der Waals surface area contributed by atoms with Crippen molar-refractivity contribution in [2.75, 3.05) is 5.32 Å². The normalized spacial score (nSPS) is 15.8. The second-order valence-electron chi connectivity index (χ2n) is 6.84. The van der Waals surface area contributed by atoms with Gasteiger partial charge in [0.2, 0.25) is 0 Å². The van der Waals surface area contributed by atoms with Gasteiger partial charge in [0.1, 0.15) is 5.76 Å². The van der Waals surface area contributed by atoms with Crippen molar-refractivity contribution in [1.82, 2.24) is 9.88 Å². The van der Waals surface area contributed by atoms with Gasteiger partial charge in [-0.25, -0.2) is 4.98 Å². The molecule has 2 aliphatic rings. The van der Waals surface area contributed by atoms with Crippen LogP contribution in [0.3, 0.4) is 0 Å². The number of fused-ring (bicyclic) bond motifs is 1. The number of carbonyl (C=O) groups excluding carboxylic acids is 3. The number of thiazole rings is 1. The zero-order chi connectivity index (χ0) is 19.3. The predicted octanol–water partition coefficient (Wildman–Crippen LogP) is 3.66. The minimum atomic E-state index is -0.434. The van der Waals surface area contributed by atoms with Gasteiger partial charge >= 0.3 is 0 Å². The molecule has 0 saturated heterocycles. The Morgan fingerprint density at radius 2 is 2.04 bits per heavy atom. The fourth-order valence-corrected chi connectivity index (χ4v) is 4.00. The first kappa shape index (κ1) is 16.9. The van der Waals surface area contributed by atoms with Crippen LogP contribution in [0.25, 0.3) is 0 Å². The molecule has 3 aromatic rings. The smallest absolute Gasteiger partial charge is 0.261 e. The molecule has 5 rings (SSSR count). The summed E-state index contributed by atoms with van der Waals surface area (Å²) in [6.45, 7) is 0.0595. The molecule has 3 heterocycles. The lowest BCUT2D eigenvalue weighted by Crippen LogP contribution is -2.28. The summed E-state index contributed by atoms with van der Waals surface area (Å²) >= 11 is 1.39. The lowest BCUT2D eigenvalue weighted by Gasteiger charge is -2.11. The van der Waals surface area contributed by atoms with Gasteiger partial charge in [0, 0.05) is 16.9 Å². The number of nitrogens with one attached hydrogen (secondary N) is 1. The van der Waals surface area contributed by atoms with Crippen molar-refractivity contribution in [3.8, 4) is 0 Å². The quantitative estimate of drug-likeness (QED) is 0.668. The molecule has 2 aromatic heterocycles. The standard InChI is InChI=1S/C20H15N3O4S/c24-17(22-20-21-16(10-28-20)11-3-4-11)12-5-6-14-15(8-12)19(26)23(18(14)25)9-13-2-1-7-27-13/h1-2,5-8,10-11H,3-4,9H2,(H,21,22,24). The SMILES string of the molecule is O=C(Nc1nc(C2CC2)cs1)c1ccc2c(c1)C(=O)N(Cc1ccco1)C2=O. The zero-order valence-electron chi connectivity index (χ0n) is 14.7. The highest BCUT2D eigenvalue weighted by Gasteiger charge is 2.36. The number of rotatable bonds is 5. The molecular weight excluding hydrogens is 378 g/mol. The Balaban J connectivity index is 1.35. The fourth-order valence-electron chi connectivity index (χ4n) is 3.21. The number of carbonyl (C=O) groups is 3. The maximum Gasteiger partial charge on any atom is 0.261 e. The molecule has 1 aliphatic heterocycles. The number of aromatic nitrogens is 1. The van der Waals surface area contributed by atoms with E-state index < -0.39 is 11.8 Å². The zero-order valence-corrected chi connectivity index (χ0v) is 15.5. The Morgan fingerprint density at radius 1 is 1.21 bits per heavy atom. The van der Waals surface area contributed by atoms with Gasteiger partial charge in [0.05, 0.1) is 29.6 Å². The van der Waals surface area contributed by atoms with Crippen molar-refractivity contribution in [3.63, 3.8) is 0 Å². The van der Waals surface area contributed by atoms with Gasteiger partial charge in [-0.1, -0.05) is 0 Å². The lowest BCUT2D eigenvalue weighted by atomic mass is 10.1. The Kier molecular flexibility index (Phi) is 3.87. The van der Waals surface area contributed by atoms with Crippen LogP contribution in [-0.4, -0.2) is 27.6 Å². The number of anilines is 1. The van der Waals surface area contributed by atoms with Gasteiger partial charge < -0.3 is 4.42 Å². The van der Waals surface area contributed by atoms with Crippen LogP contribution in [0.15, 0.2) is 46.4 Å². The van der Waals surface area contributed by atoms with Gasteiger partial charge in [-0.15, -0.1) is 11.3 Å². The van der Waals surface area contributed by atoms with Crippen molar-refractivity contribution in [3.05, 3.63) is 70.1 Å². The van der Waals surface area contributed by atoms with Crippen molar-refractivity contribution in [2.45, 2.75) is 25.3 Å². The van der Waals surface area contributed by atoms with E-state index in [9.17, 15) is 14.4 Å². The molecule has 28 heavy (non-hydrogen) atoms. The summed E-state index contributed by atoms with van der Waals surface area (Å²) in [5.74, 6) is -0.147. The number of hydrogen-bond donors (Lipinski definition) is 1. The van der Waals surface area contributed by atoms with E-state index in [1.807, 2.05) is 5.38 Å². The average molecular weight is 393 g/mol. The van der Waals surface area contributed by atoms with Crippen molar-refractivity contribution >= 4 is 34.2 Å². The van der Waals surface area contributed by atoms with E-state index in [1.54, 1.807) is 18.2 Å². The molecular formula is C20H15N3O4S. The second-order valence-corrected chi connectivity index (χ2v) is 7.70. The monoisotopic (exact) mass is 393 g/mol. The number of amides is 3. The van der Waals surface area contributed by atoms with E-state index in [0.29, 0.717) is 27.9 Å². The first-order valence-electron chi connectivity index (χ1n) is 8.89. The molecule has 1 aromatic carbocycles. The topological polar surface area (TPSA) is 92.5 Å². The van der Waals surface area contributed by atoms with Gasteiger partial charge in [0.15, 0.2) is 5.13 Å². The lowest BCUT2D eigenvalue weighted by molar-refractivity contribution is 0.0631. The highest BCUT2D eigenvalue weighted by molar-refractivity contribution is 7.14. The van der Waals surface area contributed by atoms with E-state index in [2.05, 4.69) is 10.3 Å². The number of nitrogens with zero attached hydrogens (tertiary/aromatic N) is 2. The molecule has 140 valence electrons. The van der Waals surface area contributed by atoms with E-state index in [0.717, 1.165) is 23.4 Å². The summed E-state index contributed by atoms with van der Waals surface area (Å²) in [5.41, 5.74) is 1.84. The Hall–Kier alpha value is -3.26. The maximum atomic E-state index is 12.7. The van der Waals surface area contributed by atoms with E-state index in [-0.39, 0.29) is 18.0 Å². The molecule has 0 bridgehead atoms. The van der Waals surface area contributed by atoms with E-state index >= 15 is 0 Å². The Bertz CT molecular complexity index is 1100. The third-order valence-corrected chi connectivity index (χ3v) is 5.64. The van der Waals surface area contributed by atoms with Crippen LogP contribution >= 0.6 is 11.3 Å². The first-order valence-corrected chi connectivity index (χ1v) is 9.77. The van der Waals surface area contributed by atoms with Crippen molar-refractivity contribution in [1.29, 1.82) is 0 Å². The van der Waals surface area contributed by atoms with Gasteiger partial charge in [-0.2, -0.15) is 0 Å². The molecule has 1 saturated carbocycles. The third-order valence-electron chi connectivity index (χ3n) is 4.86. The van der Waals surface area contributed by atoms with Crippen LogP contribution in [0.1, 0.15) is 61.3 Å². The average Bonchev–Trinajstić information content (AvgIpc) is 3.13. The number of imide groups is 1. The van der Waals surface area contributed by atoms with Crippen molar-refractivity contribution < 1.29 is 18.8 Å². The number of furan rings is 1. The van der Waals surface area contributed by atoms with Crippen LogP contribution in [0, 0.1) is 0 Å². The molecule has 8 heteroatoms. The van der Waals surface area contributed by atoms with Gasteiger partial charge in [-0.3, -0.25) is 24.6 Å². The maximum absolute atomic E-state index is 12.7. The summed E-state index contributed by atoms with van der Waals surface area (Å²) < 4.78 is 5.23. The molecule has 1 fully saturated rings. The summed E-state index contributed by atoms with van der Waals surface area (Å²) in [6.07, 6.45) is 3.78. The molecule has 0 unspecified atom stereocenters. The first-order chi connectivity index (χ1) is 13.6. The van der Waals surface area contributed by atoms with E-state index in [1.165, 1.54) is 29.7 Å². The molecule has 0 atom stereocenters. The largest absolute Gasteiger partial charge is 0.467 e. The molecule has 0 spiro atoms. The molecule has 3 amide bonds. The summed E-state index contributed by atoms with van der Waals surface area (Å²) in [6, 6.07) is 7.92. The third kappa shape index (κ3) is 2.91. The van der Waals surface area contributed by atoms with Crippen LogP contribution in [-0.2, 0) is 6.54 Å². The summed E-state index contributed by atoms with van der Waals surface area (Å²) in [4.78, 5) is 43.3. The fraction of sp³-hybridized carbons (Fsp3) is 0.200. The van der Waals surface area contributed by atoms with Crippen LogP contribution in [0.4, 0.5) is 5.13 Å². The van der Waals surface area contributed by atoms with Crippen LogP contribution in [0.5, 0.6) is 0 Å². The van der Waals surface area contributed by atoms with Crippen LogP contribution < -0.4 is 5.32 Å². The summed E-state index contributed by atoms with van der Waals surface area (Å²) in [5, 5.41) is 5.27. The number of hydrogen-bond acceptors (Lipinski definition) is 6. The Morgan fingerprint density at radius 3 is 2.79 bits per heavy atom. The number of benzene rings is 1. The van der Waals surface area contributed by atoms with Crippen LogP contribution in [0.2, 0.25) is 0 Å². The minimum Gasteiger partial charge on any atom is -0.467 e. The second kappa shape index (κ2) is 6.42. The van der Waals surface area contributed by atoms with E-state index in [4.69, 9.17) is 4.42 Å². The highest BCUT2D eigenvalue weighted by atomic mass is 32.1. The van der Waals surface area contributed by atoms with Crippen molar-refractivity contribution in [2.24, 2.45) is 0 Å². The summed E-state index contributed by atoms with van der Waals surface area (Å²) in [7, 11) is 0. The predicted molar refractivity (Wildman–Crippen MR) is 101 cm³/mol. The molecule has 0 radical (unpaired) electrons.